The standard InChI is InChI=1S/C26H29N5O4/c1-29(2)26(34)23-20(14-32)22-13-31-21(24(23)30(22)12-16-10-27-15-28-11-16)8-7-19(25(31)33)17-5-4-6-18(9-17)35-3/h4-11,15,20,22-24,32H,12-14H2,1-3H3/t20-,22-,23+,24+/m1/s1. The maximum Gasteiger partial charge on any atom is 0.258 e. The molecule has 4 atom stereocenters. The SMILES string of the molecule is COc1cccc(-c2ccc3n(c2=O)C[C@@H]2[C@@H](CO)[C@H](C(=O)N(C)C)[C@H]3N2Cc2cncnc2)c1. The number of fused-ring (bicyclic) bond motifs is 4. The van der Waals surface area contributed by atoms with Gasteiger partial charge in [0.25, 0.3) is 5.56 Å². The van der Waals surface area contributed by atoms with Crippen LogP contribution in [0.5, 0.6) is 5.75 Å². The van der Waals surface area contributed by atoms with Gasteiger partial charge in [0.1, 0.15) is 12.1 Å². The van der Waals surface area contributed by atoms with Gasteiger partial charge < -0.3 is 19.3 Å². The number of methoxy groups -OCH3 is 1. The Labute approximate surface area is 203 Å². The largest absolute Gasteiger partial charge is 0.497 e. The Kier molecular flexibility index (Phi) is 6.12. The third-order valence-corrected chi connectivity index (χ3v) is 7.26. The Morgan fingerprint density at radius 3 is 2.66 bits per heavy atom. The van der Waals surface area contributed by atoms with Crippen LogP contribution < -0.4 is 10.3 Å². The summed E-state index contributed by atoms with van der Waals surface area (Å²) in [6, 6.07) is 10.7. The number of amides is 1. The second-order valence-corrected chi connectivity index (χ2v) is 9.36. The zero-order valence-corrected chi connectivity index (χ0v) is 20.0. The molecule has 182 valence electrons. The Morgan fingerprint density at radius 1 is 1.20 bits per heavy atom. The molecule has 0 unspecified atom stereocenters. The van der Waals surface area contributed by atoms with E-state index in [1.54, 1.807) is 43.1 Å². The summed E-state index contributed by atoms with van der Waals surface area (Å²) in [5, 5.41) is 10.4. The molecule has 0 spiro atoms. The second kappa shape index (κ2) is 9.24. The van der Waals surface area contributed by atoms with Crippen LogP contribution in [-0.2, 0) is 17.9 Å². The highest BCUT2D eigenvalue weighted by atomic mass is 16.5. The second-order valence-electron chi connectivity index (χ2n) is 9.36. The summed E-state index contributed by atoms with van der Waals surface area (Å²) in [6.07, 6.45) is 5.01. The molecule has 1 aromatic carbocycles. The highest BCUT2D eigenvalue weighted by Crippen LogP contribution is 2.49. The van der Waals surface area contributed by atoms with Crippen molar-refractivity contribution < 1.29 is 14.6 Å². The number of benzene rings is 1. The fourth-order valence-corrected chi connectivity index (χ4v) is 5.65. The maximum atomic E-state index is 13.7. The van der Waals surface area contributed by atoms with Crippen molar-refractivity contribution in [3.8, 4) is 16.9 Å². The third-order valence-electron chi connectivity index (χ3n) is 7.26. The Morgan fingerprint density at radius 2 is 1.97 bits per heavy atom. The molecule has 2 aliphatic heterocycles. The first-order valence-electron chi connectivity index (χ1n) is 11.6. The molecule has 35 heavy (non-hydrogen) atoms. The van der Waals surface area contributed by atoms with E-state index in [0.29, 0.717) is 24.4 Å². The van der Waals surface area contributed by atoms with Gasteiger partial charge in [0.2, 0.25) is 5.91 Å². The summed E-state index contributed by atoms with van der Waals surface area (Å²) in [7, 11) is 5.06. The molecule has 0 radical (unpaired) electrons. The number of hydrogen-bond acceptors (Lipinski definition) is 7. The van der Waals surface area contributed by atoms with Gasteiger partial charge in [-0.05, 0) is 29.8 Å². The quantitative estimate of drug-likeness (QED) is 0.578. The number of pyridine rings is 1. The van der Waals surface area contributed by atoms with Crippen molar-refractivity contribution in [2.24, 2.45) is 11.8 Å². The van der Waals surface area contributed by atoms with E-state index in [2.05, 4.69) is 14.9 Å². The first-order valence-corrected chi connectivity index (χ1v) is 11.6. The average Bonchev–Trinajstić information content (AvgIpc) is 3.08. The smallest absolute Gasteiger partial charge is 0.258 e. The van der Waals surface area contributed by atoms with Gasteiger partial charge in [0.05, 0.1) is 19.1 Å². The molecule has 5 rings (SSSR count). The molecule has 4 heterocycles. The minimum atomic E-state index is -0.472. The summed E-state index contributed by atoms with van der Waals surface area (Å²) in [6.45, 7) is 0.771. The minimum Gasteiger partial charge on any atom is -0.497 e. The van der Waals surface area contributed by atoms with E-state index in [1.807, 2.05) is 36.4 Å². The topological polar surface area (TPSA) is 101 Å². The van der Waals surface area contributed by atoms with Crippen LogP contribution in [-0.4, -0.2) is 69.2 Å². The Hall–Kier alpha value is -3.56. The lowest BCUT2D eigenvalue weighted by molar-refractivity contribution is -0.135. The molecular formula is C26H29N5O4. The van der Waals surface area contributed by atoms with E-state index < -0.39 is 5.92 Å². The molecule has 1 saturated heterocycles. The number of nitrogens with zero attached hydrogens (tertiary/aromatic N) is 5. The number of rotatable bonds is 6. The molecule has 9 nitrogen and oxygen atoms in total. The van der Waals surface area contributed by atoms with Crippen LogP contribution in [0.4, 0.5) is 0 Å². The Balaban J connectivity index is 1.63. The zero-order chi connectivity index (χ0) is 24.7. The van der Waals surface area contributed by atoms with E-state index in [4.69, 9.17) is 4.74 Å². The molecule has 1 N–H and O–H groups in total. The Bertz CT molecular complexity index is 1290. The lowest BCUT2D eigenvalue weighted by Gasteiger charge is -2.38. The number of carbonyl (C=O) groups is 1. The monoisotopic (exact) mass is 475 g/mol. The highest BCUT2D eigenvalue weighted by Gasteiger charge is 2.56. The van der Waals surface area contributed by atoms with E-state index in [-0.39, 0.29) is 36.1 Å². The van der Waals surface area contributed by atoms with E-state index in [1.165, 1.54) is 6.33 Å². The molecule has 3 aromatic rings. The number of aliphatic hydroxyl groups excluding tert-OH is 1. The predicted octanol–water partition coefficient (Wildman–Crippen LogP) is 1.57. The average molecular weight is 476 g/mol. The van der Waals surface area contributed by atoms with Crippen LogP contribution >= 0.6 is 0 Å². The number of hydrogen-bond donors (Lipinski definition) is 1. The van der Waals surface area contributed by atoms with Gasteiger partial charge in [0, 0.05) is 75.0 Å². The van der Waals surface area contributed by atoms with E-state index in [9.17, 15) is 14.7 Å². The molecule has 9 heteroatoms. The van der Waals surface area contributed by atoms with Gasteiger partial charge in [-0.1, -0.05) is 12.1 Å². The van der Waals surface area contributed by atoms with Gasteiger partial charge in [-0.2, -0.15) is 0 Å². The third kappa shape index (κ3) is 3.90. The van der Waals surface area contributed by atoms with Gasteiger partial charge in [-0.25, -0.2) is 9.97 Å². The summed E-state index contributed by atoms with van der Waals surface area (Å²) in [5.74, 6) is -0.152. The summed E-state index contributed by atoms with van der Waals surface area (Å²) in [5.41, 5.74) is 2.95. The molecule has 2 bridgehead atoms. The molecule has 0 aliphatic carbocycles. The van der Waals surface area contributed by atoms with Crippen LogP contribution in [0.2, 0.25) is 0 Å². The molecule has 1 fully saturated rings. The van der Waals surface area contributed by atoms with Crippen LogP contribution in [0.3, 0.4) is 0 Å². The number of aromatic nitrogens is 3. The van der Waals surface area contributed by atoms with Gasteiger partial charge in [0.15, 0.2) is 0 Å². The molecule has 2 aromatic heterocycles. The molecular weight excluding hydrogens is 446 g/mol. The van der Waals surface area contributed by atoms with Crippen LogP contribution in [0.1, 0.15) is 17.3 Å². The summed E-state index contributed by atoms with van der Waals surface area (Å²) in [4.78, 5) is 39.2. The summed E-state index contributed by atoms with van der Waals surface area (Å²) < 4.78 is 7.12. The maximum absolute atomic E-state index is 13.7. The van der Waals surface area contributed by atoms with Gasteiger partial charge in [-0.3, -0.25) is 14.5 Å². The van der Waals surface area contributed by atoms with E-state index in [0.717, 1.165) is 16.8 Å². The molecule has 1 amide bonds. The predicted molar refractivity (Wildman–Crippen MR) is 130 cm³/mol. The van der Waals surface area contributed by atoms with Crippen LogP contribution in [0.15, 0.2) is 59.9 Å². The van der Waals surface area contributed by atoms with Crippen molar-refractivity contribution in [1.82, 2.24) is 24.3 Å². The first kappa shape index (κ1) is 23.2. The van der Waals surface area contributed by atoms with Crippen molar-refractivity contribution >= 4 is 5.91 Å². The fourth-order valence-electron chi connectivity index (χ4n) is 5.65. The van der Waals surface area contributed by atoms with E-state index >= 15 is 0 Å². The van der Waals surface area contributed by atoms with Crippen molar-refractivity contribution in [3.63, 3.8) is 0 Å². The van der Waals surface area contributed by atoms with Gasteiger partial charge in [-0.15, -0.1) is 0 Å². The minimum absolute atomic E-state index is 0.0522. The van der Waals surface area contributed by atoms with Crippen molar-refractivity contribution in [2.75, 3.05) is 27.8 Å². The first-order chi connectivity index (χ1) is 16.9. The van der Waals surface area contributed by atoms with Crippen LogP contribution in [0.25, 0.3) is 11.1 Å². The van der Waals surface area contributed by atoms with Gasteiger partial charge >= 0.3 is 0 Å². The number of aliphatic hydroxyl groups is 1. The normalized spacial score (nSPS) is 23.1. The molecule has 2 aliphatic rings. The van der Waals surface area contributed by atoms with Crippen LogP contribution in [0, 0.1) is 11.8 Å². The lowest BCUT2D eigenvalue weighted by atomic mass is 9.86. The van der Waals surface area contributed by atoms with Crippen molar-refractivity contribution in [3.05, 3.63) is 76.7 Å². The zero-order valence-electron chi connectivity index (χ0n) is 20.0. The lowest BCUT2D eigenvalue weighted by Crippen LogP contribution is -2.46. The van der Waals surface area contributed by atoms with Crippen molar-refractivity contribution in [2.45, 2.75) is 25.2 Å². The number of ether oxygens (including phenoxy) is 1. The fraction of sp³-hybridized carbons (Fsp3) is 0.385. The summed E-state index contributed by atoms with van der Waals surface area (Å²) >= 11 is 0. The van der Waals surface area contributed by atoms with Crippen molar-refractivity contribution in [1.29, 1.82) is 0 Å². The number of carbonyl (C=O) groups excluding carboxylic acids is 1. The molecule has 0 saturated carbocycles. The highest BCUT2D eigenvalue weighted by molar-refractivity contribution is 5.80.